The number of halogens is 1. The number of nitrogens with zero attached hydrogens (tertiary/aromatic N) is 6. The van der Waals surface area contributed by atoms with Crippen LogP contribution in [0.1, 0.15) is 17.0 Å². The van der Waals surface area contributed by atoms with Crippen LogP contribution in [0.3, 0.4) is 0 Å². The molecule has 146 valence electrons. The first kappa shape index (κ1) is 19.2. The fourth-order valence-electron chi connectivity index (χ4n) is 3.33. The summed E-state index contributed by atoms with van der Waals surface area (Å²) in [4.78, 5) is 16.7. The van der Waals surface area contributed by atoms with Crippen molar-refractivity contribution in [2.24, 2.45) is 0 Å². The Hall–Kier alpha value is -2.17. The quantitative estimate of drug-likeness (QED) is 0.599. The average molecular weight is 418 g/mol. The van der Waals surface area contributed by atoms with E-state index in [1.54, 1.807) is 16.9 Å². The molecule has 7 nitrogen and oxygen atoms in total. The number of amides is 1. The summed E-state index contributed by atoms with van der Waals surface area (Å²) in [7, 11) is 4.68. The van der Waals surface area contributed by atoms with E-state index in [9.17, 15) is 9.18 Å². The zero-order chi connectivity index (χ0) is 19.7. The molecule has 1 saturated heterocycles. The SMILES string of the molecule is O=C(Cc1ccc(P)c(C(F)P)c1)N1CCN(c2ccc3nncn3n2)CC1. The standard InChI is InChI=1S/C18H21FN6OP2/c19-18(28)13-9-12(1-2-14(13)27)10-17(26)24-7-5-23(6-8-24)16-4-3-15-21-20-11-25(15)22-16/h1-4,9,11,18H,5-8,10,27-28H2. The summed E-state index contributed by atoms with van der Waals surface area (Å²) in [6.07, 6.45) is 1.85. The molecule has 3 unspecified atom stereocenters. The monoisotopic (exact) mass is 418 g/mol. The van der Waals surface area contributed by atoms with Gasteiger partial charge in [-0.2, -0.15) is 4.52 Å². The highest BCUT2D eigenvalue weighted by Gasteiger charge is 2.22. The zero-order valence-electron chi connectivity index (χ0n) is 15.2. The average Bonchev–Trinajstić information content (AvgIpc) is 3.17. The van der Waals surface area contributed by atoms with Crippen molar-refractivity contribution in [2.45, 2.75) is 12.3 Å². The molecule has 2 aromatic heterocycles. The molecule has 1 aliphatic rings. The van der Waals surface area contributed by atoms with Crippen LogP contribution in [0, 0.1) is 0 Å². The number of piperazine rings is 1. The number of fused-ring (bicyclic) bond motifs is 1. The Morgan fingerprint density at radius 2 is 1.96 bits per heavy atom. The summed E-state index contributed by atoms with van der Waals surface area (Å²) >= 11 is 0. The third-order valence-corrected chi connectivity index (χ3v) is 5.79. The van der Waals surface area contributed by atoms with Crippen LogP contribution in [0.2, 0.25) is 0 Å². The Kier molecular flexibility index (Phi) is 5.51. The van der Waals surface area contributed by atoms with Gasteiger partial charge in [-0.05, 0) is 28.6 Å². The predicted octanol–water partition coefficient (Wildman–Crippen LogP) is 1.36. The largest absolute Gasteiger partial charge is 0.352 e. The molecule has 0 bridgehead atoms. The molecule has 0 N–H and O–H groups in total. The summed E-state index contributed by atoms with van der Waals surface area (Å²) in [5, 5.41) is 13.1. The highest BCUT2D eigenvalue weighted by Crippen LogP contribution is 2.25. The van der Waals surface area contributed by atoms with Crippen molar-refractivity contribution >= 4 is 41.2 Å². The van der Waals surface area contributed by atoms with Gasteiger partial charge in [-0.3, -0.25) is 4.79 Å². The molecule has 1 fully saturated rings. The first-order chi connectivity index (χ1) is 13.5. The lowest BCUT2D eigenvalue weighted by Gasteiger charge is -2.35. The first-order valence-corrected chi connectivity index (χ1v) is 10.2. The van der Waals surface area contributed by atoms with Crippen molar-refractivity contribution in [1.82, 2.24) is 24.7 Å². The van der Waals surface area contributed by atoms with E-state index in [-0.39, 0.29) is 12.3 Å². The van der Waals surface area contributed by atoms with Gasteiger partial charge in [0.05, 0.1) is 6.42 Å². The Labute approximate surface area is 166 Å². The van der Waals surface area contributed by atoms with Gasteiger partial charge in [0.2, 0.25) is 5.91 Å². The van der Waals surface area contributed by atoms with Gasteiger partial charge in [0.15, 0.2) is 5.65 Å². The number of carbonyl (C=O) groups is 1. The van der Waals surface area contributed by atoms with Crippen molar-refractivity contribution in [3.05, 3.63) is 47.8 Å². The minimum absolute atomic E-state index is 0.0588. The summed E-state index contributed by atoms with van der Waals surface area (Å²) in [5.41, 5.74) is 2.12. The summed E-state index contributed by atoms with van der Waals surface area (Å²) in [5.74, 6) is -0.236. The summed E-state index contributed by atoms with van der Waals surface area (Å²) in [6, 6.07) is 9.29. The third kappa shape index (κ3) is 3.98. The molecular formula is C18H21FN6OP2. The fraction of sp³-hybridized carbons (Fsp3) is 0.333. The Morgan fingerprint density at radius 1 is 1.18 bits per heavy atom. The van der Waals surface area contributed by atoms with E-state index >= 15 is 0 Å². The van der Waals surface area contributed by atoms with Gasteiger partial charge >= 0.3 is 0 Å². The third-order valence-electron chi connectivity index (χ3n) is 4.91. The maximum absolute atomic E-state index is 13.7. The van der Waals surface area contributed by atoms with Crippen LogP contribution >= 0.6 is 18.5 Å². The van der Waals surface area contributed by atoms with Gasteiger partial charge in [0, 0.05) is 26.2 Å². The van der Waals surface area contributed by atoms with E-state index in [1.165, 1.54) is 0 Å². The number of rotatable bonds is 4. The predicted molar refractivity (Wildman–Crippen MR) is 113 cm³/mol. The van der Waals surface area contributed by atoms with Crippen LogP contribution in [0.15, 0.2) is 36.7 Å². The van der Waals surface area contributed by atoms with Gasteiger partial charge in [0.1, 0.15) is 18.1 Å². The van der Waals surface area contributed by atoms with E-state index in [0.29, 0.717) is 37.4 Å². The Balaban J connectivity index is 1.38. The molecule has 0 saturated carbocycles. The minimum Gasteiger partial charge on any atom is -0.352 e. The molecule has 0 aliphatic carbocycles. The van der Waals surface area contributed by atoms with Crippen LogP contribution in [0.25, 0.3) is 5.65 Å². The number of anilines is 1. The smallest absolute Gasteiger partial charge is 0.227 e. The minimum atomic E-state index is -1.14. The van der Waals surface area contributed by atoms with Gasteiger partial charge < -0.3 is 9.80 Å². The summed E-state index contributed by atoms with van der Waals surface area (Å²) in [6.45, 7) is 2.68. The highest BCUT2D eigenvalue weighted by molar-refractivity contribution is 7.27. The maximum atomic E-state index is 13.7. The van der Waals surface area contributed by atoms with Crippen LogP contribution in [0.4, 0.5) is 10.2 Å². The highest BCUT2D eigenvalue weighted by atomic mass is 31.0. The van der Waals surface area contributed by atoms with Gasteiger partial charge in [-0.1, -0.05) is 27.4 Å². The van der Waals surface area contributed by atoms with Gasteiger partial charge in [-0.25, -0.2) is 4.39 Å². The van der Waals surface area contributed by atoms with E-state index in [0.717, 1.165) is 16.7 Å². The maximum Gasteiger partial charge on any atom is 0.227 e. The molecule has 3 heterocycles. The zero-order valence-corrected chi connectivity index (χ0v) is 17.5. The van der Waals surface area contributed by atoms with E-state index in [4.69, 9.17) is 0 Å². The molecule has 10 heteroatoms. The molecule has 0 radical (unpaired) electrons. The molecule has 1 aromatic carbocycles. The lowest BCUT2D eigenvalue weighted by atomic mass is 10.1. The summed E-state index contributed by atoms with van der Waals surface area (Å²) < 4.78 is 15.3. The topological polar surface area (TPSA) is 66.6 Å². The lowest BCUT2D eigenvalue weighted by molar-refractivity contribution is -0.130. The molecule has 4 rings (SSSR count). The number of alkyl halides is 1. The molecule has 3 atom stereocenters. The van der Waals surface area contributed by atoms with Crippen molar-refractivity contribution in [2.75, 3.05) is 31.1 Å². The van der Waals surface area contributed by atoms with Crippen molar-refractivity contribution < 1.29 is 9.18 Å². The number of carbonyl (C=O) groups excluding carboxylic acids is 1. The molecule has 28 heavy (non-hydrogen) atoms. The van der Waals surface area contributed by atoms with E-state index < -0.39 is 5.91 Å². The van der Waals surface area contributed by atoms with E-state index in [2.05, 4.69) is 38.7 Å². The number of aromatic nitrogens is 4. The molecule has 3 aromatic rings. The molecule has 1 aliphatic heterocycles. The number of benzene rings is 1. The molecular weight excluding hydrogens is 397 g/mol. The van der Waals surface area contributed by atoms with Crippen LogP contribution in [0.5, 0.6) is 0 Å². The number of hydrogen-bond acceptors (Lipinski definition) is 5. The lowest BCUT2D eigenvalue weighted by Crippen LogP contribution is -2.49. The second-order valence-electron chi connectivity index (χ2n) is 6.73. The van der Waals surface area contributed by atoms with Crippen LogP contribution in [-0.4, -0.2) is 56.8 Å². The van der Waals surface area contributed by atoms with Gasteiger partial charge in [0.25, 0.3) is 0 Å². The van der Waals surface area contributed by atoms with Gasteiger partial charge in [-0.15, -0.1) is 24.5 Å². The Bertz CT molecular complexity index is 1000. The van der Waals surface area contributed by atoms with Crippen LogP contribution in [-0.2, 0) is 11.2 Å². The molecule has 0 spiro atoms. The van der Waals surface area contributed by atoms with Crippen molar-refractivity contribution in [3.63, 3.8) is 0 Å². The van der Waals surface area contributed by atoms with Crippen LogP contribution < -0.4 is 10.2 Å². The normalized spacial score (nSPS) is 15.8. The molecule has 1 amide bonds. The van der Waals surface area contributed by atoms with E-state index in [1.807, 2.05) is 29.2 Å². The second-order valence-corrected chi connectivity index (χ2v) is 7.94. The van der Waals surface area contributed by atoms with Crippen molar-refractivity contribution in [3.8, 4) is 0 Å². The fourth-order valence-corrected chi connectivity index (χ4v) is 4.15. The number of hydrogen-bond donors (Lipinski definition) is 0. The first-order valence-electron chi connectivity index (χ1n) is 8.99. The Morgan fingerprint density at radius 3 is 2.71 bits per heavy atom. The van der Waals surface area contributed by atoms with Crippen molar-refractivity contribution in [1.29, 1.82) is 0 Å². The second kappa shape index (κ2) is 8.06.